The molecule has 0 saturated heterocycles. The molecule has 90 valence electrons. The van der Waals surface area contributed by atoms with E-state index in [0.29, 0.717) is 0 Å². The van der Waals surface area contributed by atoms with Crippen LogP contribution >= 0.6 is 0 Å². The van der Waals surface area contributed by atoms with Crippen molar-refractivity contribution in [1.82, 2.24) is 0 Å². The lowest BCUT2D eigenvalue weighted by Crippen LogP contribution is -2.01. The molecule has 1 rings (SSSR count). The summed E-state index contributed by atoms with van der Waals surface area (Å²) < 4.78 is 0. The van der Waals surface area contributed by atoms with Gasteiger partial charge >= 0.3 is 0 Å². The van der Waals surface area contributed by atoms with Crippen molar-refractivity contribution in [3.05, 3.63) is 35.4 Å². The maximum Gasteiger partial charge on any atom is 0.0792 e. The average molecular weight is 220 g/mol. The molecule has 0 bridgehead atoms. The Bertz CT molecular complexity index is 293. The van der Waals surface area contributed by atoms with Crippen molar-refractivity contribution in [1.29, 1.82) is 0 Å². The molecule has 0 aromatic heterocycles. The molecule has 0 radical (unpaired) electrons. The predicted molar refractivity (Wildman–Crippen MR) is 69.5 cm³/mol. The van der Waals surface area contributed by atoms with Crippen molar-refractivity contribution < 1.29 is 5.11 Å². The fourth-order valence-corrected chi connectivity index (χ4v) is 2.10. The van der Waals surface area contributed by atoms with Gasteiger partial charge < -0.3 is 5.11 Å². The van der Waals surface area contributed by atoms with E-state index in [1.807, 2.05) is 12.1 Å². The average Bonchev–Trinajstić information content (AvgIpc) is 2.34. The smallest absolute Gasteiger partial charge is 0.0792 e. The van der Waals surface area contributed by atoms with Crippen LogP contribution < -0.4 is 0 Å². The van der Waals surface area contributed by atoms with E-state index in [9.17, 15) is 5.11 Å². The number of hydrogen-bond acceptors (Lipinski definition) is 1. The van der Waals surface area contributed by atoms with Gasteiger partial charge in [-0.3, -0.25) is 0 Å². The van der Waals surface area contributed by atoms with E-state index in [-0.39, 0.29) is 6.10 Å². The van der Waals surface area contributed by atoms with Crippen LogP contribution in [0.1, 0.15) is 63.2 Å². The Hall–Kier alpha value is -0.820. The first kappa shape index (κ1) is 13.2. The third-order valence-corrected chi connectivity index (χ3v) is 3.13. The second kappa shape index (κ2) is 7.45. The molecule has 1 unspecified atom stereocenters. The summed E-state index contributed by atoms with van der Waals surface area (Å²) in [5.41, 5.74) is 2.41. The molecular weight excluding hydrogens is 196 g/mol. The van der Waals surface area contributed by atoms with Gasteiger partial charge in [0.05, 0.1) is 6.10 Å². The molecule has 0 aliphatic carbocycles. The van der Waals surface area contributed by atoms with Crippen LogP contribution in [0.3, 0.4) is 0 Å². The van der Waals surface area contributed by atoms with Crippen LogP contribution in [0.15, 0.2) is 24.3 Å². The Morgan fingerprint density at radius 1 is 1.06 bits per heavy atom. The number of rotatable bonds is 7. The summed E-state index contributed by atoms with van der Waals surface area (Å²) in [5.74, 6) is 0. The van der Waals surface area contributed by atoms with Gasteiger partial charge in [-0.05, 0) is 24.0 Å². The molecule has 1 N–H and O–H groups in total. The lowest BCUT2D eigenvalue weighted by atomic mass is 9.97. The highest BCUT2D eigenvalue weighted by molar-refractivity contribution is 5.28. The van der Waals surface area contributed by atoms with Gasteiger partial charge in [-0.2, -0.15) is 0 Å². The van der Waals surface area contributed by atoms with Gasteiger partial charge in [-0.15, -0.1) is 0 Å². The Balaban J connectivity index is 2.48. The van der Waals surface area contributed by atoms with Crippen molar-refractivity contribution in [2.75, 3.05) is 0 Å². The highest BCUT2D eigenvalue weighted by Gasteiger charge is 2.10. The first-order valence-electron chi connectivity index (χ1n) is 6.55. The summed E-state index contributed by atoms with van der Waals surface area (Å²) in [7, 11) is 0. The van der Waals surface area contributed by atoms with E-state index >= 15 is 0 Å². The number of benzene rings is 1. The fraction of sp³-hybridized carbons (Fsp3) is 0.600. The topological polar surface area (TPSA) is 20.2 Å². The molecule has 1 aromatic carbocycles. The molecule has 1 heteroatoms. The maximum atomic E-state index is 10.1. The predicted octanol–water partition coefficient (Wildman–Crippen LogP) is 4.25. The zero-order chi connectivity index (χ0) is 11.8. The molecule has 0 aliphatic heterocycles. The maximum absolute atomic E-state index is 10.1. The third kappa shape index (κ3) is 3.97. The zero-order valence-electron chi connectivity index (χ0n) is 10.6. The quantitative estimate of drug-likeness (QED) is 0.681. The molecule has 1 nitrogen and oxygen atoms in total. The third-order valence-electron chi connectivity index (χ3n) is 3.13. The molecule has 0 saturated carbocycles. The van der Waals surface area contributed by atoms with E-state index in [4.69, 9.17) is 0 Å². The minimum atomic E-state index is -0.270. The van der Waals surface area contributed by atoms with Crippen LogP contribution in [0.2, 0.25) is 0 Å². The van der Waals surface area contributed by atoms with Gasteiger partial charge in [0.25, 0.3) is 0 Å². The van der Waals surface area contributed by atoms with Gasteiger partial charge in [0.2, 0.25) is 0 Å². The molecule has 0 fully saturated rings. The van der Waals surface area contributed by atoms with Crippen LogP contribution in [0, 0.1) is 0 Å². The summed E-state index contributed by atoms with van der Waals surface area (Å²) in [6.07, 6.45) is 6.53. The van der Waals surface area contributed by atoms with Gasteiger partial charge in [0.15, 0.2) is 0 Å². The number of unbranched alkanes of at least 4 members (excludes halogenated alkanes) is 3. The van der Waals surface area contributed by atoms with Crippen molar-refractivity contribution in [3.8, 4) is 0 Å². The summed E-state index contributed by atoms with van der Waals surface area (Å²) in [5, 5.41) is 10.1. The summed E-state index contributed by atoms with van der Waals surface area (Å²) in [6.45, 7) is 4.35. The number of aliphatic hydroxyl groups is 1. The molecule has 16 heavy (non-hydrogen) atoms. The first-order valence-corrected chi connectivity index (χ1v) is 6.55. The molecule has 0 heterocycles. The van der Waals surface area contributed by atoms with E-state index in [1.54, 1.807) is 0 Å². The zero-order valence-corrected chi connectivity index (χ0v) is 10.6. The van der Waals surface area contributed by atoms with Crippen molar-refractivity contribution in [2.45, 2.75) is 58.5 Å². The standard InChI is InChI=1S/C15H24O/c1-3-5-6-7-12-15(16)14-11-9-8-10-13(14)4-2/h8-11,15-16H,3-7,12H2,1-2H3. The van der Waals surface area contributed by atoms with Crippen molar-refractivity contribution in [3.63, 3.8) is 0 Å². The van der Waals surface area contributed by atoms with Gasteiger partial charge in [-0.1, -0.05) is 63.8 Å². The van der Waals surface area contributed by atoms with Crippen LogP contribution in [0.25, 0.3) is 0 Å². The Labute approximate surface area is 99.5 Å². The number of hydrogen-bond donors (Lipinski definition) is 1. The SMILES string of the molecule is CCCCCCC(O)c1ccccc1CC. The number of aryl methyl sites for hydroxylation is 1. The summed E-state index contributed by atoms with van der Waals surface area (Å²) >= 11 is 0. The molecule has 0 aliphatic rings. The van der Waals surface area contributed by atoms with Gasteiger partial charge in [0.1, 0.15) is 0 Å². The lowest BCUT2D eigenvalue weighted by molar-refractivity contribution is 0.162. The van der Waals surface area contributed by atoms with Crippen LogP contribution in [0.4, 0.5) is 0 Å². The van der Waals surface area contributed by atoms with E-state index in [2.05, 4.69) is 26.0 Å². The van der Waals surface area contributed by atoms with Gasteiger partial charge in [0, 0.05) is 0 Å². The molecular formula is C15H24O. The normalized spacial score (nSPS) is 12.7. The molecule has 0 amide bonds. The fourth-order valence-electron chi connectivity index (χ4n) is 2.10. The highest BCUT2D eigenvalue weighted by Crippen LogP contribution is 2.23. The Kier molecular flexibility index (Phi) is 6.17. The van der Waals surface area contributed by atoms with Crippen molar-refractivity contribution in [2.24, 2.45) is 0 Å². The largest absolute Gasteiger partial charge is 0.388 e. The van der Waals surface area contributed by atoms with Crippen LogP contribution in [0.5, 0.6) is 0 Å². The van der Waals surface area contributed by atoms with Crippen LogP contribution in [-0.2, 0) is 6.42 Å². The van der Waals surface area contributed by atoms with Crippen LogP contribution in [-0.4, -0.2) is 5.11 Å². The highest BCUT2D eigenvalue weighted by atomic mass is 16.3. The Morgan fingerprint density at radius 3 is 2.50 bits per heavy atom. The molecule has 1 atom stereocenters. The summed E-state index contributed by atoms with van der Waals surface area (Å²) in [4.78, 5) is 0. The summed E-state index contributed by atoms with van der Waals surface area (Å²) in [6, 6.07) is 8.24. The minimum Gasteiger partial charge on any atom is -0.388 e. The van der Waals surface area contributed by atoms with E-state index in [1.165, 1.54) is 24.8 Å². The van der Waals surface area contributed by atoms with E-state index < -0.39 is 0 Å². The van der Waals surface area contributed by atoms with E-state index in [0.717, 1.165) is 24.8 Å². The molecule has 1 aromatic rings. The van der Waals surface area contributed by atoms with Gasteiger partial charge in [-0.25, -0.2) is 0 Å². The lowest BCUT2D eigenvalue weighted by Gasteiger charge is -2.14. The molecule has 0 spiro atoms. The van der Waals surface area contributed by atoms with Crippen molar-refractivity contribution >= 4 is 0 Å². The Morgan fingerprint density at radius 2 is 1.81 bits per heavy atom. The second-order valence-corrected chi connectivity index (χ2v) is 4.42. The minimum absolute atomic E-state index is 0.270. The number of aliphatic hydroxyl groups excluding tert-OH is 1. The first-order chi connectivity index (χ1) is 7.79. The second-order valence-electron chi connectivity index (χ2n) is 4.42. The monoisotopic (exact) mass is 220 g/mol.